The molecule has 1 aromatic heterocycles. The van der Waals surface area contributed by atoms with E-state index in [1.165, 1.54) is 6.20 Å². The second-order valence-corrected chi connectivity index (χ2v) is 6.58. The second kappa shape index (κ2) is 5.56. The zero-order valence-corrected chi connectivity index (χ0v) is 14.7. The normalized spacial score (nSPS) is 11.9. The number of nitrogens with one attached hydrogen (secondary N) is 1. The first-order valence-corrected chi connectivity index (χ1v) is 8.60. The summed E-state index contributed by atoms with van der Waals surface area (Å²) in [6.07, 6.45) is 1.39. The van der Waals surface area contributed by atoms with E-state index in [9.17, 15) is 14.0 Å². The monoisotopic (exact) mass is 375 g/mol. The predicted molar refractivity (Wildman–Crippen MR) is 105 cm³/mol. The maximum atomic E-state index is 14.7. The maximum Gasteiger partial charge on any atom is 0.254 e. The Morgan fingerprint density at radius 3 is 2.57 bits per heavy atom. The number of pyridine rings is 1. The molecular formula is C21H14FN3O3. The molecule has 0 spiro atoms. The number of ether oxygens (including phenoxy) is 1. The number of rotatable bonds is 2. The van der Waals surface area contributed by atoms with Crippen LogP contribution < -0.4 is 21.2 Å². The Labute approximate surface area is 157 Å². The summed E-state index contributed by atoms with van der Waals surface area (Å²) in [5.74, 6) is -0.856. The number of nitrogens with two attached hydrogens (primary N) is 1. The van der Waals surface area contributed by atoms with Crippen molar-refractivity contribution in [1.82, 2.24) is 4.57 Å². The molecule has 6 nitrogen and oxygen atoms in total. The van der Waals surface area contributed by atoms with Crippen LogP contribution in [0.2, 0.25) is 0 Å². The summed E-state index contributed by atoms with van der Waals surface area (Å²) in [4.78, 5) is 24.6. The second-order valence-electron chi connectivity index (χ2n) is 6.58. The molecule has 5 rings (SSSR count). The molecule has 4 aromatic rings. The third-order valence-corrected chi connectivity index (χ3v) is 5.01. The third-order valence-electron chi connectivity index (χ3n) is 5.01. The molecule has 0 radical (unpaired) electrons. The number of hydrogen-bond acceptors (Lipinski definition) is 4. The van der Waals surface area contributed by atoms with Crippen LogP contribution in [0.1, 0.15) is 10.4 Å². The van der Waals surface area contributed by atoms with Crippen molar-refractivity contribution in [3.05, 3.63) is 70.3 Å². The molecular weight excluding hydrogens is 361 g/mol. The van der Waals surface area contributed by atoms with Gasteiger partial charge in [0, 0.05) is 13.2 Å². The number of anilines is 1. The Balaban J connectivity index is 2.00. The van der Waals surface area contributed by atoms with Crippen molar-refractivity contribution in [3.63, 3.8) is 0 Å². The van der Waals surface area contributed by atoms with Crippen molar-refractivity contribution < 1.29 is 13.9 Å². The van der Waals surface area contributed by atoms with Crippen LogP contribution in [0.3, 0.4) is 0 Å². The van der Waals surface area contributed by atoms with Crippen molar-refractivity contribution in [2.75, 3.05) is 12.4 Å². The van der Waals surface area contributed by atoms with E-state index in [2.05, 4.69) is 5.32 Å². The highest BCUT2D eigenvalue weighted by Crippen LogP contribution is 2.46. The van der Waals surface area contributed by atoms with Gasteiger partial charge in [-0.25, -0.2) is 4.39 Å². The van der Waals surface area contributed by atoms with Gasteiger partial charge in [-0.15, -0.1) is 0 Å². The quantitative estimate of drug-likeness (QED) is 0.494. The van der Waals surface area contributed by atoms with E-state index in [1.54, 1.807) is 11.6 Å². The van der Waals surface area contributed by atoms with Crippen molar-refractivity contribution in [2.24, 2.45) is 5.73 Å². The van der Waals surface area contributed by atoms with Gasteiger partial charge in [0.2, 0.25) is 5.43 Å². The SMILES string of the molecule is CNc1c(F)cc2c(=O)c(C(N)=O)cn3c2c1Oc1cc2ccccc2cc1-3. The standard InChI is InChI=1S/C21H14FN3O3/c1-24-17-14(22)8-12-18-20(17)28-16-7-11-5-3-2-4-10(11)6-15(16)25(18)9-13(19(12)26)21(23)27/h2-9,24H,1H3,(H2,23,27). The number of primary amides is 1. The molecule has 1 aliphatic heterocycles. The molecule has 3 aromatic carbocycles. The van der Waals surface area contributed by atoms with Gasteiger partial charge in [-0.3, -0.25) is 9.59 Å². The number of fused-ring (bicyclic) bond motifs is 3. The first-order valence-electron chi connectivity index (χ1n) is 8.60. The third kappa shape index (κ3) is 2.07. The van der Waals surface area contributed by atoms with E-state index in [0.717, 1.165) is 16.8 Å². The van der Waals surface area contributed by atoms with Crippen LogP contribution in [0.15, 0.2) is 53.5 Å². The minimum absolute atomic E-state index is 0.0293. The van der Waals surface area contributed by atoms with Crippen molar-refractivity contribution in [2.45, 2.75) is 0 Å². The number of hydrogen-bond donors (Lipinski definition) is 2. The highest BCUT2D eigenvalue weighted by molar-refractivity contribution is 6.01. The molecule has 0 saturated carbocycles. The van der Waals surface area contributed by atoms with Crippen LogP contribution in [-0.2, 0) is 0 Å². The number of amides is 1. The molecule has 7 heteroatoms. The number of nitrogens with zero attached hydrogens (tertiary/aromatic N) is 1. The summed E-state index contributed by atoms with van der Waals surface area (Å²) in [5.41, 5.74) is 5.70. The van der Waals surface area contributed by atoms with Crippen molar-refractivity contribution in [1.29, 1.82) is 0 Å². The van der Waals surface area contributed by atoms with Gasteiger partial charge >= 0.3 is 0 Å². The molecule has 0 atom stereocenters. The maximum absolute atomic E-state index is 14.7. The Hall–Kier alpha value is -3.87. The number of halogens is 1. The van der Waals surface area contributed by atoms with E-state index in [-0.39, 0.29) is 22.4 Å². The smallest absolute Gasteiger partial charge is 0.254 e. The summed E-state index contributed by atoms with van der Waals surface area (Å²) in [5, 5.41) is 4.71. The first kappa shape index (κ1) is 16.3. The molecule has 138 valence electrons. The van der Waals surface area contributed by atoms with Crippen molar-refractivity contribution in [3.8, 4) is 17.2 Å². The topological polar surface area (TPSA) is 86.4 Å². The van der Waals surface area contributed by atoms with Crippen LogP contribution >= 0.6 is 0 Å². The minimum atomic E-state index is -0.871. The van der Waals surface area contributed by atoms with Gasteiger partial charge in [0.05, 0.1) is 11.1 Å². The summed E-state index contributed by atoms with van der Waals surface area (Å²) < 4.78 is 22.4. The van der Waals surface area contributed by atoms with Crippen LogP contribution in [0.5, 0.6) is 11.5 Å². The largest absolute Gasteiger partial charge is 0.451 e. The van der Waals surface area contributed by atoms with Gasteiger partial charge in [0.25, 0.3) is 5.91 Å². The van der Waals surface area contributed by atoms with Gasteiger partial charge in [-0.2, -0.15) is 0 Å². The molecule has 3 N–H and O–H groups in total. The van der Waals surface area contributed by atoms with Crippen LogP contribution in [0.4, 0.5) is 10.1 Å². The highest BCUT2D eigenvalue weighted by atomic mass is 19.1. The Bertz CT molecular complexity index is 1390. The summed E-state index contributed by atoms with van der Waals surface area (Å²) in [6.45, 7) is 0. The fourth-order valence-electron chi connectivity index (χ4n) is 3.71. The average molecular weight is 375 g/mol. The van der Waals surface area contributed by atoms with E-state index < -0.39 is 17.2 Å². The average Bonchev–Trinajstić information content (AvgIpc) is 2.68. The molecule has 28 heavy (non-hydrogen) atoms. The highest BCUT2D eigenvalue weighted by Gasteiger charge is 2.27. The predicted octanol–water partition coefficient (Wildman–Crippen LogP) is 3.53. The van der Waals surface area contributed by atoms with Gasteiger partial charge in [-0.1, -0.05) is 24.3 Å². The fraction of sp³-hybridized carbons (Fsp3) is 0.0476. The zero-order chi connectivity index (χ0) is 19.6. The molecule has 1 aliphatic rings. The lowest BCUT2D eigenvalue weighted by Gasteiger charge is -2.26. The van der Waals surface area contributed by atoms with E-state index in [1.807, 2.05) is 36.4 Å². The van der Waals surface area contributed by atoms with Gasteiger partial charge in [0.15, 0.2) is 17.3 Å². The van der Waals surface area contributed by atoms with E-state index >= 15 is 0 Å². The molecule has 1 amide bonds. The Morgan fingerprint density at radius 2 is 1.89 bits per heavy atom. The number of carbonyl (C=O) groups excluding carboxylic acids is 1. The number of aromatic nitrogens is 1. The molecule has 0 bridgehead atoms. The minimum Gasteiger partial charge on any atom is -0.451 e. The molecule has 0 unspecified atom stereocenters. The van der Waals surface area contributed by atoms with Crippen LogP contribution in [0, 0.1) is 5.82 Å². The number of carbonyl (C=O) groups is 1. The Kier molecular flexibility index (Phi) is 3.24. The van der Waals surface area contributed by atoms with Gasteiger partial charge < -0.3 is 20.4 Å². The molecule has 0 fully saturated rings. The fourth-order valence-corrected chi connectivity index (χ4v) is 3.71. The van der Waals surface area contributed by atoms with E-state index in [4.69, 9.17) is 10.5 Å². The number of benzene rings is 3. The van der Waals surface area contributed by atoms with Gasteiger partial charge in [0.1, 0.15) is 16.8 Å². The van der Waals surface area contributed by atoms with Gasteiger partial charge in [-0.05, 0) is 29.0 Å². The summed E-state index contributed by atoms with van der Waals surface area (Å²) >= 11 is 0. The lowest BCUT2D eigenvalue weighted by atomic mass is 10.0. The molecule has 0 saturated heterocycles. The first-order chi connectivity index (χ1) is 13.5. The zero-order valence-electron chi connectivity index (χ0n) is 14.7. The van der Waals surface area contributed by atoms with Crippen LogP contribution in [-0.4, -0.2) is 17.5 Å². The summed E-state index contributed by atoms with van der Waals surface area (Å²) in [6, 6.07) is 12.5. The van der Waals surface area contributed by atoms with Crippen LogP contribution in [0.25, 0.3) is 27.4 Å². The van der Waals surface area contributed by atoms with E-state index in [0.29, 0.717) is 17.0 Å². The molecule has 2 heterocycles. The Morgan fingerprint density at radius 1 is 1.18 bits per heavy atom. The lowest BCUT2D eigenvalue weighted by Crippen LogP contribution is -2.25. The lowest BCUT2D eigenvalue weighted by molar-refractivity contribution is 0.0999. The molecule has 0 aliphatic carbocycles. The van der Waals surface area contributed by atoms with Crippen molar-refractivity contribution >= 4 is 33.3 Å². The summed E-state index contributed by atoms with van der Waals surface area (Å²) in [7, 11) is 1.57.